The largest absolute Gasteiger partial charge is 0.342 e. The number of pyridine rings is 1. The minimum absolute atomic E-state index is 0.171. The third-order valence-corrected chi connectivity index (χ3v) is 2.82. The van der Waals surface area contributed by atoms with Crippen molar-refractivity contribution in [2.45, 2.75) is 6.54 Å². The van der Waals surface area contributed by atoms with E-state index in [-0.39, 0.29) is 5.91 Å². The van der Waals surface area contributed by atoms with Crippen molar-refractivity contribution in [1.82, 2.24) is 0 Å². The molecule has 3 nitrogen and oxygen atoms in total. The second-order valence-corrected chi connectivity index (χ2v) is 3.94. The molecule has 2 aromatic rings. The maximum atomic E-state index is 11.9. The van der Waals surface area contributed by atoms with Gasteiger partial charge < -0.3 is 0 Å². The van der Waals surface area contributed by atoms with Crippen molar-refractivity contribution < 1.29 is 9.36 Å². The predicted octanol–water partition coefficient (Wildman–Crippen LogP) is 1.62. The van der Waals surface area contributed by atoms with Gasteiger partial charge in [0, 0.05) is 17.7 Å². The lowest BCUT2D eigenvalue weighted by molar-refractivity contribution is -0.684. The fourth-order valence-corrected chi connectivity index (χ4v) is 1.97. The molecule has 0 saturated heterocycles. The van der Waals surface area contributed by atoms with E-state index in [0.29, 0.717) is 12.2 Å². The van der Waals surface area contributed by atoms with E-state index in [9.17, 15) is 4.79 Å². The van der Waals surface area contributed by atoms with Gasteiger partial charge in [-0.15, -0.1) is 0 Å². The molecule has 0 fully saturated rings. The lowest BCUT2D eigenvalue weighted by Crippen LogP contribution is -2.46. The minimum atomic E-state index is -0.171. The number of amides is 1. The first-order valence-electron chi connectivity index (χ1n) is 5.50. The molecule has 2 heterocycles. The second-order valence-electron chi connectivity index (χ2n) is 3.94. The van der Waals surface area contributed by atoms with Gasteiger partial charge in [-0.05, 0) is 6.07 Å². The standard InChI is InChI=1S/C14H11N2O/c17-14-13-8-4-5-9-16(13)10-12(15-14)11-6-2-1-3-7-11/h1-9H,10H2/q+1. The summed E-state index contributed by atoms with van der Waals surface area (Å²) < 4.78 is 1.93. The van der Waals surface area contributed by atoms with Crippen molar-refractivity contribution in [2.75, 3.05) is 0 Å². The van der Waals surface area contributed by atoms with Crippen LogP contribution in [0.2, 0.25) is 0 Å². The molecule has 17 heavy (non-hydrogen) atoms. The zero-order valence-electron chi connectivity index (χ0n) is 9.21. The lowest BCUT2D eigenvalue weighted by atomic mass is 10.1. The quantitative estimate of drug-likeness (QED) is 0.676. The van der Waals surface area contributed by atoms with E-state index in [4.69, 9.17) is 0 Å². The first kappa shape index (κ1) is 9.90. The topological polar surface area (TPSA) is 33.3 Å². The van der Waals surface area contributed by atoms with Crippen molar-refractivity contribution >= 4 is 11.6 Å². The summed E-state index contributed by atoms with van der Waals surface area (Å²) in [5.41, 5.74) is 2.47. The average molecular weight is 223 g/mol. The number of hydrogen-bond acceptors (Lipinski definition) is 1. The SMILES string of the molecule is O=C1N=C(c2ccccc2)C[n+]2ccccc21. The number of rotatable bonds is 1. The highest BCUT2D eigenvalue weighted by molar-refractivity contribution is 6.10. The fraction of sp³-hybridized carbons (Fsp3) is 0.0714. The lowest BCUT2D eigenvalue weighted by Gasteiger charge is -2.09. The van der Waals surface area contributed by atoms with Gasteiger partial charge in [0.2, 0.25) is 0 Å². The first-order valence-corrected chi connectivity index (χ1v) is 5.50. The zero-order chi connectivity index (χ0) is 11.7. The number of hydrogen-bond donors (Lipinski definition) is 0. The van der Waals surface area contributed by atoms with Crippen LogP contribution in [0.3, 0.4) is 0 Å². The Morgan fingerprint density at radius 1 is 1.00 bits per heavy atom. The Hall–Kier alpha value is -2.29. The Morgan fingerprint density at radius 2 is 1.76 bits per heavy atom. The van der Waals surface area contributed by atoms with Crippen LogP contribution in [0.4, 0.5) is 0 Å². The van der Waals surface area contributed by atoms with Crippen molar-refractivity contribution in [3.8, 4) is 0 Å². The molecule has 0 radical (unpaired) electrons. The number of fused-ring (bicyclic) bond motifs is 1. The van der Waals surface area contributed by atoms with Crippen LogP contribution in [-0.2, 0) is 6.54 Å². The van der Waals surface area contributed by atoms with Crippen LogP contribution < -0.4 is 4.57 Å². The van der Waals surface area contributed by atoms with E-state index >= 15 is 0 Å². The maximum absolute atomic E-state index is 11.9. The van der Waals surface area contributed by atoms with Gasteiger partial charge in [0.1, 0.15) is 5.71 Å². The van der Waals surface area contributed by atoms with Crippen LogP contribution in [0.1, 0.15) is 16.1 Å². The van der Waals surface area contributed by atoms with Gasteiger partial charge in [0.15, 0.2) is 12.7 Å². The number of carbonyl (C=O) groups excluding carboxylic acids is 1. The monoisotopic (exact) mass is 223 g/mol. The van der Waals surface area contributed by atoms with Gasteiger partial charge in [-0.1, -0.05) is 30.3 Å². The molecule has 1 aromatic heterocycles. The molecule has 0 aliphatic carbocycles. The molecule has 0 atom stereocenters. The van der Waals surface area contributed by atoms with Crippen molar-refractivity contribution in [2.24, 2.45) is 4.99 Å². The van der Waals surface area contributed by atoms with E-state index in [0.717, 1.165) is 11.3 Å². The van der Waals surface area contributed by atoms with Crippen LogP contribution in [0.25, 0.3) is 0 Å². The molecule has 3 heteroatoms. The Labute approximate surface area is 99.1 Å². The van der Waals surface area contributed by atoms with Gasteiger partial charge in [-0.3, -0.25) is 4.79 Å². The summed E-state index contributed by atoms with van der Waals surface area (Å²) in [6.07, 6.45) is 1.91. The first-order chi connectivity index (χ1) is 8.34. The predicted molar refractivity (Wildman–Crippen MR) is 63.9 cm³/mol. The smallest absolute Gasteiger partial charge is 0.260 e. The van der Waals surface area contributed by atoms with Gasteiger partial charge in [0.05, 0.1) is 0 Å². The Kier molecular flexibility index (Phi) is 2.29. The molecule has 0 saturated carbocycles. The number of carbonyl (C=O) groups is 1. The van der Waals surface area contributed by atoms with E-state index in [2.05, 4.69) is 4.99 Å². The van der Waals surface area contributed by atoms with E-state index in [1.54, 1.807) is 6.07 Å². The van der Waals surface area contributed by atoms with E-state index < -0.39 is 0 Å². The van der Waals surface area contributed by atoms with Crippen LogP contribution in [0.15, 0.2) is 59.7 Å². The molecular formula is C14H11N2O+. The number of benzene rings is 1. The van der Waals surface area contributed by atoms with Gasteiger partial charge >= 0.3 is 5.91 Å². The Balaban J connectivity index is 2.05. The molecule has 0 N–H and O–H groups in total. The molecule has 0 unspecified atom stereocenters. The summed E-state index contributed by atoms with van der Waals surface area (Å²) in [6.45, 7) is 0.645. The Bertz CT molecular complexity index is 603. The number of nitrogens with zero attached hydrogens (tertiary/aromatic N) is 2. The summed E-state index contributed by atoms with van der Waals surface area (Å²) in [5, 5.41) is 0. The second kappa shape index (κ2) is 3.94. The third-order valence-electron chi connectivity index (χ3n) is 2.82. The molecular weight excluding hydrogens is 212 g/mol. The van der Waals surface area contributed by atoms with Crippen LogP contribution >= 0.6 is 0 Å². The highest BCUT2D eigenvalue weighted by atomic mass is 16.1. The molecule has 1 aliphatic heterocycles. The molecule has 0 bridgehead atoms. The third kappa shape index (κ3) is 1.76. The van der Waals surface area contributed by atoms with Crippen molar-refractivity contribution in [3.63, 3.8) is 0 Å². The molecule has 1 aliphatic rings. The van der Waals surface area contributed by atoms with Gasteiger partial charge in [-0.2, -0.15) is 4.57 Å². The van der Waals surface area contributed by atoms with E-state index in [1.807, 2.05) is 53.2 Å². The maximum Gasteiger partial charge on any atom is 0.342 e. The summed E-state index contributed by atoms with van der Waals surface area (Å²) in [4.78, 5) is 16.0. The minimum Gasteiger partial charge on any atom is -0.260 e. The molecule has 3 rings (SSSR count). The molecule has 82 valence electrons. The zero-order valence-corrected chi connectivity index (χ0v) is 9.21. The normalized spacial score (nSPS) is 14.1. The number of aromatic nitrogens is 1. The van der Waals surface area contributed by atoms with Crippen LogP contribution in [0.5, 0.6) is 0 Å². The summed E-state index contributed by atoms with van der Waals surface area (Å²) >= 11 is 0. The van der Waals surface area contributed by atoms with Gasteiger partial charge in [0.25, 0.3) is 5.69 Å². The van der Waals surface area contributed by atoms with Crippen molar-refractivity contribution in [3.05, 3.63) is 66.0 Å². The average Bonchev–Trinajstić information content (AvgIpc) is 2.40. The van der Waals surface area contributed by atoms with Crippen LogP contribution in [-0.4, -0.2) is 11.6 Å². The van der Waals surface area contributed by atoms with Crippen LogP contribution in [0, 0.1) is 0 Å². The van der Waals surface area contributed by atoms with E-state index in [1.165, 1.54) is 0 Å². The summed E-state index contributed by atoms with van der Waals surface area (Å²) in [7, 11) is 0. The molecule has 1 aromatic carbocycles. The van der Waals surface area contributed by atoms with Crippen molar-refractivity contribution in [1.29, 1.82) is 0 Å². The summed E-state index contributed by atoms with van der Waals surface area (Å²) in [6, 6.07) is 15.4. The Morgan fingerprint density at radius 3 is 2.59 bits per heavy atom. The van der Waals surface area contributed by atoms with Gasteiger partial charge in [-0.25, -0.2) is 4.99 Å². The fourth-order valence-electron chi connectivity index (χ4n) is 1.97. The number of aliphatic imine (C=N–C) groups is 1. The molecule has 0 spiro atoms. The molecule has 1 amide bonds. The summed E-state index contributed by atoms with van der Waals surface area (Å²) in [5.74, 6) is -0.171. The highest BCUT2D eigenvalue weighted by Gasteiger charge is 2.26. The highest BCUT2D eigenvalue weighted by Crippen LogP contribution is 2.08.